The number of hydrogen-bond donors (Lipinski definition) is 0. The molecule has 0 saturated heterocycles. The van der Waals surface area contributed by atoms with E-state index >= 15 is 0 Å². The van der Waals surface area contributed by atoms with E-state index in [4.69, 9.17) is 25.8 Å². The van der Waals surface area contributed by atoms with Crippen molar-refractivity contribution < 1.29 is 19.0 Å². The van der Waals surface area contributed by atoms with Crippen molar-refractivity contribution in [1.29, 1.82) is 0 Å². The molecule has 0 atom stereocenters. The van der Waals surface area contributed by atoms with Gasteiger partial charge in [-0.25, -0.2) is 4.79 Å². The maximum Gasteiger partial charge on any atom is 0.415 e. The Kier molecular flexibility index (Phi) is 7.76. The lowest BCUT2D eigenvalue weighted by Gasteiger charge is -2.28. The van der Waals surface area contributed by atoms with E-state index in [9.17, 15) is 4.79 Å². The molecule has 0 saturated carbocycles. The highest BCUT2D eigenvalue weighted by molar-refractivity contribution is 14.1. The van der Waals surface area contributed by atoms with E-state index in [0.717, 1.165) is 14.3 Å². The minimum Gasteiger partial charge on any atom is -0.466 e. The van der Waals surface area contributed by atoms with Crippen LogP contribution in [0.5, 0.6) is 5.75 Å². The summed E-state index contributed by atoms with van der Waals surface area (Å²) >= 11 is 7.88. The first-order valence-corrected chi connectivity index (χ1v) is 9.88. The van der Waals surface area contributed by atoms with Gasteiger partial charge in [0.25, 0.3) is 0 Å². The lowest BCUT2D eigenvalue weighted by molar-refractivity contribution is 0.0516. The summed E-state index contributed by atoms with van der Waals surface area (Å²) < 4.78 is 17.3. The van der Waals surface area contributed by atoms with E-state index in [1.54, 1.807) is 13.2 Å². The van der Waals surface area contributed by atoms with Gasteiger partial charge in [0, 0.05) is 24.6 Å². The molecule has 2 rings (SSSR count). The topological polar surface area (TPSA) is 48.0 Å². The maximum atomic E-state index is 12.8. The van der Waals surface area contributed by atoms with Gasteiger partial charge in [0.1, 0.15) is 11.4 Å². The largest absolute Gasteiger partial charge is 0.466 e. The monoisotopic (exact) mass is 503 g/mol. The van der Waals surface area contributed by atoms with Crippen LogP contribution in [0.25, 0.3) is 10.8 Å². The highest BCUT2D eigenvalue weighted by atomic mass is 127. The Labute approximate surface area is 178 Å². The Morgan fingerprint density at radius 2 is 2.00 bits per heavy atom. The number of benzene rings is 2. The SMILES string of the molecule is COCOc1c(I)c(N(C/C=C/Cl)C(=O)OC(C)(C)C)cc2ccccc12. The molecule has 2 aromatic carbocycles. The molecule has 0 heterocycles. The second-order valence-electron chi connectivity index (χ2n) is 6.76. The van der Waals surface area contributed by atoms with Gasteiger partial charge in [-0.1, -0.05) is 41.9 Å². The average molecular weight is 504 g/mol. The lowest BCUT2D eigenvalue weighted by atomic mass is 10.1. The van der Waals surface area contributed by atoms with Crippen molar-refractivity contribution in [3.8, 4) is 5.75 Å². The lowest BCUT2D eigenvalue weighted by Crippen LogP contribution is -2.37. The number of halogens is 2. The predicted molar refractivity (Wildman–Crippen MR) is 118 cm³/mol. The van der Waals surface area contributed by atoms with Crippen LogP contribution < -0.4 is 9.64 Å². The van der Waals surface area contributed by atoms with Crippen molar-refractivity contribution in [3.63, 3.8) is 0 Å². The Balaban J connectivity index is 2.60. The zero-order valence-corrected chi connectivity index (χ0v) is 18.7. The van der Waals surface area contributed by atoms with E-state index in [1.165, 1.54) is 10.4 Å². The molecule has 0 unspecified atom stereocenters. The molecule has 0 aromatic heterocycles. The molecular weight excluding hydrogens is 481 g/mol. The molecule has 0 aliphatic rings. The molecule has 5 nitrogen and oxygen atoms in total. The number of methoxy groups -OCH3 is 1. The first kappa shape index (κ1) is 21.8. The van der Waals surface area contributed by atoms with Gasteiger partial charge in [0.15, 0.2) is 6.79 Å². The summed E-state index contributed by atoms with van der Waals surface area (Å²) in [5.41, 5.74) is 1.45. The van der Waals surface area contributed by atoms with Crippen LogP contribution in [-0.2, 0) is 9.47 Å². The third-order valence-corrected chi connectivity index (χ3v) is 4.75. The molecule has 0 aliphatic carbocycles. The smallest absolute Gasteiger partial charge is 0.415 e. The van der Waals surface area contributed by atoms with Gasteiger partial charge in [-0.05, 0) is 54.8 Å². The molecule has 0 radical (unpaired) electrons. The first-order valence-electron chi connectivity index (χ1n) is 8.37. The van der Waals surface area contributed by atoms with Crippen molar-refractivity contribution in [2.45, 2.75) is 26.4 Å². The molecule has 0 N–H and O–H groups in total. The van der Waals surface area contributed by atoms with Gasteiger partial charge in [0.05, 0.1) is 9.26 Å². The molecule has 0 spiro atoms. The van der Waals surface area contributed by atoms with Gasteiger partial charge in [-0.2, -0.15) is 0 Å². The summed E-state index contributed by atoms with van der Waals surface area (Å²) in [6.07, 6.45) is 1.23. The molecule has 7 heteroatoms. The van der Waals surface area contributed by atoms with Crippen LogP contribution in [0.3, 0.4) is 0 Å². The quantitative estimate of drug-likeness (QED) is 0.363. The molecule has 0 bridgehead atoms. The first-order chi connectivity index (χ1) is 12.8. The molecule has 0 fully saturated rings. The van der Waals surface area contributed by atoms with Crippen molar-refractivity contribution in [2.24, 2.45) is 0 Å². The zero-order chi connectivity index (χ0) is 20.0. The number of ether oxygens (including phenoxy) is 3. The van der Waals surface area contributed by atoms with Crippen molar-refractivity contribution in [2.75, 3.05) is 25.3 Å². The Hall–Kier alpha value is -1.51. The minimum absolute atomic E-state index is 0.109. The third-order valence-electron chi connectivity index (χ3n) is 3.52. The number of carbonyl (C=O) groups is 1. The summed E-state index contributed by atoms with van der Waals surface area (Å²) in [6, 6.07) is 9.78. The van der Waals surface area contributed by atoms with Crippen LogP contribution in [0.15, 0.2) is 41.9 Å². The third kappa shape index (κ3) is 5.73. The fraction of sp³-hybridized carbons (Fsp3) is 0.350. The van der Waals surface area contributed by atoms with E-state index < -0.39 is 11.7 Å². The molecule has 27 heavy (non-hydrogen) atoms. The normalized spacial score (nSPS) is 11.8. The number of amides is 1. The second-order valence-corrected chi connectivity index (χ2v) is 8.09. The maximum absolute atomic E-state index is 12.8. The summed E-state index contributed by atoms with van der Waals surface area (Å²) in [4.78, 5) is 14.4. The molecule has 1 amide bonds. The number of carbonyl (C=O) groups excluding carboxylic acids is 1. The summed E-state index contributed by atoms with van der Waals surface area (Å²) in [5, 5.41) is 1.89. The van der Waals surface area contributed by atoms with Crippen LogP contribution in [0, 0.1) is 3.57 Å². The van der Waals surface area contributed by atoms with Gasteiger partial charge in [-0.15, -0.1) is 0 Å². The van der Waals surface area contributed by atoms with Crippen LogP contribution in [0.4, 0.5) is 10.5 Å². The summed E-state index contributed by atoms with van der Waals surface area (Å²) in [7, 11) is 1.57. The molecule has 146 valence electrons. The zero-order valence-electron chi connectivity index (χ0n) is 15.8. The predicted octanol–water partition coefficient (Wildman–Crippen LogP) is 5.92. The fourth-order valence-electron chi connectivity index (χ4n) is 2.46. The number of rotatable bonds is 6. The number of anilines is 1. The Morgan fingerprint density at radius 3 is 2.63 bits per heavy atom. The number of nitrogens with zero attached hydrogens (tertiary/aromatic N) is 1. The van der Waals surface area contributed by atoms with Gasteiger partial charge in [0.2, 0.25) is 0 Å². The highest BCUT2D eigenvalue weighted by Gasteiger charge is 2.26. The standard InChI is InChI=1S/C20H23ClINO4/c1-20(2,3)27-19(24)23(11-7-10-21)16-12-14-8-5-6-9-15(14)18(17(16)22)26-13-25-4/h5-10,12H,11,13H2,1-4H3/b10-7+. The van der Waals surface area contributed by atoms with Crippen molar-refractivity contribution in [1.82, 2.24) is 0 Å². The van der Waals surface area contributed by atoms with Crippen LogP contribution in [0.2, 0.25) is 0 Å². The van der Waals surface area contributed by atoms with Crippen LogP contribution in [-0.4, -0.2) is 32.1 Å². The van der Waals surface area contributed by atoms with Gasteiger partial charge in [-0.3, -0.25) is 4.90 Å². The van der Waals surface area contributed by atoms with E-state index in [2.05, 4.69) is 22.6 Å². The summed E-state index contributed by atoms with van der Waals surface area (Å²) in [6.45, 7) is 5.88. The van der Waals surface area contributed by atoms with Crippen molar-refractivity contribution in [3.05, 3.63) is 45.5 Å². The van der Waals surface area contributed by atoms with Gasteiger partial charge < -0.3 is 14.2 Å². The van der Waals surface area contributed by atoms with Crippen molar-refractivity contribution >= 4 is 56.7 Å². The summed E-state index contributed by atoms with van der Waals surface area (Å²) in [5.74, 6) is 0.661. The average Bonchev–Trinajstić information content (AvgIpc) is 2.60. The van der Waals surface area contributed by atoms with E-state index in [-0.39, 0.29) is 13.3 Å². The number of hydrogen-bond acceptors (Lipinski definition) is 4. The Morgan fingerprint density at radius 1 is 1.30 bits per heavy atom. The minimum atomic E-state index is -0.613. The van der Waals surface area contributed by atoms with Gasteiger partial charge >= 0.3 is 6.09 Å². The van der Waals surface area contributed by atoms with Crippen LogP contribution >= 0.6 is 34.2 Å². The fourth-order valence-corrected chi connectivity index (χ4v) is 3.44. The molecule has 0 aliphatic heterocycles. The van der Waals surface area contributed by atoms with E-state index in [0.29, 0.717) is 11.4 Å². The molecular formula is C20H23ClINO4. The van der Waals surface area contributed by atoms with Crippen LogP contribution in [0.1, 0.15) is 20.8 Å². The molecule has 2 aromatic rings. The Bertz CT molecular complexity index is 833. The van der Waals surface area contributed by atoms with E-state index in [1.807, 2.05) is 51.1 Å². The highest BCUT2D eigenvalue weighted by Crippen LogP contribution is 2.39. The second kappa shape index (κ2) is 9.61. The number of fused-ring (bicyclic) bond motifs is 1.